The molecule has 2 aliphatic carbocycles. The van der Waals surface area contributed by atoms with Gasteiger partial charge in [-0.05, 0) is 60.8 Å². The fourth-order valence-electron chi connectivity index (χ4n) is 2.86. The average molecular weight is 269 g/mol. The molecule has 0 aromatic heterocycles. The molecule has 1 aromatic rings. The molecule has 0 N–H and O–H groups in total. The predicted molar refractivity (Wildman–Crippen MR) is 65.4 cm³/mol. The molecular weight excluding hydrogens is 256 g/mol. The van der Waals surface area contributed by atoms with Gasteiger partial charge >= 0.3 is 0 Å². The summed E-state index contributed by atoms with van der Waals surface area (Å²) in [5.41, 5.74) is 6.16. The highest BCUT2D eigenvalue weighted by atomic mass is 79.9. The maximum atomic E-state index is 4.72. The van der Waals surface area contributed by atoms with Crippen LogP contribution >= 0.6 is 28.6 Å². The Morgan fingerprint density at radius 3 is 1.71 bits per heavy atom. The average Bonchev–Trinajstić information content (AvgIpc) is 2.82. The van der Waals surface area contributed by atoms with Gasteiger partial charge in [-0.25, -0.2) is 0 Å². The highest BCUT2D eigenvalue weighted by Crippen LogP contribution is 2.42. The van der Waals surface area contributed by atoms with Gasteiger partial charge in [-0.1, -0.05) is 15.9 Å². The Kier molecular flexibility index (Phi) is 2.17. The zero-order chi connectivity index (χ0) is 9.71. The SMILES string of the molecule is Sc1c2c(c(Br)c3c1CCC3)CCC2. The van der Waals surface area contributed by atoms with Crippen molar-refractivity contribution in [1.29, 1.82) is 0 Å². The fourth-order valence-corrected chi connectivity index (χ4v) is 4.23. The molecule has 0 heterocycles. The van der Waals surface area contributed by atoms with Gasteiger partial charge in [-0.2, -0.15) is 0 Å². The Morgan fingerprint density at radius 1 is 0.786 bits per heavy atom. The molecule has 0 atom stereocenters. The van der Waals surface area contributed by atoms with E-state index in [4.69, 9.17) is 12.6 Å². The minimum Gasteiger partial charge on any atom is -0.143 e. The van der Waals surface area contributed by atoms with Crippen LogP contribution in [-0.4, -0.2) is 0 Å². The molecule has 0 nitrogen and oxygen atoms in total. The number of halogens is 1. The van der Waals surface area contributed by atoms with Crippen LogP contribution in [0.5, 0.6) is 0 Å². The molecule has 2 heteroatoms. The Labute approximate surface area is 98.6 Å². The van der Waals surface area contributed by atoms with Crippen molar-refractivity contribution >= 4 is 28.6 Å². The first-order valence-corrected chi connectivity index (χ1v) is 6.57. The van der Waals surface area contributed by atoms with Gasteiger partial charge in [0.1, 0.15) is 0 Å². The molecule has 0 fully saturated rings. The highest BCUT2D eigenvalue weighted by Gasteiger charge is 2.25. The van der Waals surface area contributed by atoms with Crippen LogP contribution in [0.25, 0.3) is 0 Å². The second-order valence-corrected chi connectivity index (χ2v) is 5.52. The molecule has 0 spiro atoms. The van der Waals surface area contributed by atoms with E-state index in [0.717, 1.165) is 0 Å². The molecule has 0 bridgehead atoms. The topological polar surface area (TPSA) is 0 Å². The number of rotatable bonds is 0. The van der Waals surface area contributed by atoms with Crippen molar-refractivity contribution in [3.05, 3.63) is 26.7 Å². The fraction of sp³-hybridized carbons (Fsp3) is 0.500. The van der Waals surface area contributed by atoms with Crippen LogP contribution in [0, 0.1) is 0 Å². The molecule has 0 saturated heterocycles. The second kappa shape index (κ2) is 3.28. The van der Waals surface area contributed by atoms with E-state index in [1.54, 1.807) is 11.1 Å². The number of benzene rings is 1. The third-order valence-electron chi connectivity index (χ3n) is 3.54. The van der Waals surface area contributed by atoms with E-state index < -0.39 is 0 Å². The summed E-state index contributed by atoms with van der Waals surface area (Å²) in [6.07, 6.45) is 7.59. The maximum absolute atomic E-state index is 4.72. The van der Waals surface area contributed by atoms with E-state index in [9.17, 15) is 0 Å². The van der Waals surface area contributed by atoms with Gasteiger partial charge in [-0.15, -0.1) is 12.6 Å². The first kappa shape index (κ1) is 9.29. The molecular formula is C12H13BrS. The summed E-state index contributed by atoms with van der Waals surface area (Å²) >= 11 is 8.50. The van der Waals surface area contributed by atoms with E-state index in [-0.39, 0.29) is 0 Å². The largest absolute Gasteiger partial charge is 0.143 e. The number of hydrogen-bond acceptors (Lipinski definition) is 1. The van der Waals surface area contributed by atoms with Crippen molar-refractivity contribution in [3.8, 4) is 0 Å². The second-order valence-electron chi connectivity index (χ2n) is 4.28. The molecule has 74 valence electrons. The Balaban J connectivity index is 2.33. The summed E-state index contributed by atoms with van der Waals surface area (Å²) in [4.78, 5) is 1.31. The van der Waals surface area contributed by atoms with Crippen molar-refractivity contribution in [1.82, 2.24) is 0 Å². The molecule has 3 rings (SSSR count). The van der Waals surface area contributed by atoms with Gasteiger partial charge in [0.15, 0.2) is 0 Å². The quantitative estimate of drug-likeness (QED) is 0.682. The third-order valence-corrected chi connectivity index (χ3v) is 5.03. The Hall–Kier alpha value is 0.0500. The Bertz CT molecular complexity index is 337. The van der Waals surface area contributed by atoms with Gasteiger partial charge in [0.2, 0.25) is 0 Å². The molecule has 1 aromatic carbocycles. The van der Waals surface area contributed by atoms with Crippen LogP contribution in [0.1, 0.15) is 35.1 Å². The summed E-state index contributed by atoms with van der Waals surface area (Å²) in [7, 11) is 0. The molecule has 0 saturated carbocycles. The summed E-state index contributed by atoms with van der Waals surface area (Å²) in [5, 5.41) is 0. The van der Waals surface area contributed by atoms with Crippen LogP contribution in [0.2, 0.25) is 0 Å². The summed E-state index contributed by atoms with van der Waals surface area (Å²) in [6.45, 7) is 0. The van der Waals surface area contributed by atoms with E-state index in [1.807, 2.05) is 0 Å². The van der Waals surface area contributed by atoms with E-state index in [0.29, 0.717) is 0 Å². The smallest absolute Gasteiger partial charge is 0.0245 e. The lowest BCUT2D eigenvalue weighted by molar-refractivity contribution is 0.884. The molecule has 0 aliphatic heterocycles. The van der Waals surface area contributed by atoms with Crippen LogP contribution in [0.3, 0.4) is 0 Å². The van der Waals surface area contributed by atoms with Crippen molar-refractivity contribution in [2.24, 2.45) is 0 Å². The van der Waals surface area contributed by atoms with Gasteiger partial charge in [0.25, 0.3) is 0 Å². The van der Waals surface area contributed by atoms with Crippen molar-refractivity contribution in [2.75, 3.05) is 0 Å². The predicted octanol–water partition coefficient (Wildman–Crippen LogP) is 3.72. The van der Waals surface area contributed by atoms with Gasteiger partial charge in [0.05, 0.1) is 0 Å². The van der Waals surface area contributed by atoms with E-state index >= 15 is 0 Å². The minimum atomic E-state index is 1.24. The zero-order valence-corrected chi connectivity index (χ0v) is 10.5. The van der Waals surface area contributed by atoms with Gasteiger partial charge < -0.3 is 0 Å². The normalized spacial score (nSPS) is 18.4. The highest BCUT2D eigenvalue weighted by molar-refractivity contribution is 9.10. The minimum absolute atomic E-state index is 1.24. The lowest BCUT2D eigenvalue weighted by atomic mass is 10.0. The monoisotopic (exact) mass is 268 g/mol. The van der Waals surface area contributed by atoms with Crippen LogP contribution in [0.15, 0.2) is 9.37 Å². The standard InChI is InChI=1S/C12H13BrS/c13-11-7-3-1-5-9(7)12(14)10-6-2-4-8(10)11/h14H,1-6H2. The number of fused-ring (bicyclic) bond motifs is 2. The van der Waals surface area contributed by atoms with E-state index in [1.165, 1.54) is 59.0 Å². The van der Waals surface area contributed by atoms with Crippen LogP contribution < -0.4 is 0 Å². The third kappa shape index (κ3) is 1.13. The van der Waals surface area contributed by atoms with E-state index in [2.05, 4.69) is 15.9 Å². The summed E-state index contributed by atoms with van der Waals surface area (Å²) < 4.78 is 1.41. The molecule has 0 radical (unpaired) electrons. The van der Waals surface area contributed by atoms with Gasteiger partial charge in [0, 0.05) is 9.37 Å². The van der Waals surface area contributed by atoms with Crippen molar-refractivity contribution in [2.45, 2.75) is 43.4 Å². The van der Waals surface area contributed by atoms with Crippen molar-refractivity contribution in [3.63, 3.8) is 0 Å². The van der Waals surface area contributed by atoms with Gasteiger partial charge in [-0.3, -0.25) is 0 Å². The molecule has 2 aliphatic rings. The van der Waals surface area contributed by atoms with Crippen molar-refractivity contribution < 1.29 is 0 Å². The first-order chi connectivity index (χ1) is 6.79. The lowest BCUT2D eigenvalue weighted by Crippen LogP contribution is -1.95. The Morgan fingerprint density at radius 2 is 1.21 bits per heavy atom. The van der Waals surface area contributed by atoms with Crippen LogP contribution in [0.4, 0.5) is 0 Å². The molecule has 0 amide bonds. The summed E-state index contributed by atoms with van der Waals surface area (Å²) in [5.74, 6) is 0. The lowest BCUT2D eigenvalue weighted by Gasteiger charge is -2.13. The number of thiol groups is 1. The van der Waals surface area contributed by atoms with Crippen LogP contribution in [-0.2, 0) is 25.7 Å². The molecule has 0 unspecified atom stereocenters. The summed E-state index contributed by atoms with van der Waals surface area (Å²) in [6, 6.07) is 0. The molecule has 14 heavy (non-hydrogen) atoms. The maximum Gasteiger partial charge on any atom is 0.0245 e. The zero-order valence-electron chi connectivity index (χ0n) is 8.07. The first-order valence-electron chi connectivity index (χ1n) is 5.33. The number of hydrogen-bond donors (Lipinski definition) is 1.